The highest BCUT2D eigenvalue weighted by Gasteiger charge is 2.30. The first-order valence-corrected chi connectivity index (χ1v) is 8.47. The van der Waals surface area contributed by atoms with E-state index in [0.717, 1.165) is 12.8 Å². The van der Waals surface area contributed by atoms with Crippen LogP contribution in [0, 0.1) is 17.8 Å². The normalized spacial score (nSPS) is 23.3. The third-order valence-corrected chi connectivity index (χ3v) is 4.79. The summed E-state index contributed by atoms with van der Waals surface area (Å²) in [5, 5.41) is 14.7. The fourth-order valence-corrected chi connectivity index (χ4v) is 3.11. The first-order valence-electron chi connectivity index (χ1n) is 8.47. The number of carboxylic acid groups (broad SMARTS) is 1. The maximum Gasteiger partial charge on any atom is 0.306 e. The fourth-order valence-electron chi connectivity index (χ4n) is 3.11. The molecule has 24 heavy (non-hydrogen) atoms. The maximum absolute atomic E-state index is 12.3. The topological polar surface area (TPSA) is 95.5 Å². The molecule has 3 rings (SSSR count). The van der Waals surface area contributed by atoms with E-state index in [-0.39, 0.29) is 29.6 Å². The predicted octanol–water partition coefficient (Wildman–Crippen LogP) is 2.86. The summed E-state index contributed by atoms with van der Waals surface area (Å²) < 4.78 is 0. The number of hydrogen-bond donors (Lipinski definition) is 3. The van der Waals surface area contributed by atoms with Crippen LogP contribution in [0.1, 0.15) is 38.5 Å². The highest BCUT2D eigenvalue weighted by molar-refractivity contribution is 5.96. The van der Waals surface area contributed by atoms with Crippen LogP contribution in [-0.4, -0.2) is 22.9 Å². The van der Waals surface area contributed by atoms with Gasteiger partial charge in [0.2, 0.25) is 11.8 Å². The minimum atomic E-state index is -0.770. The molecule has 2 fully saturated rings. The molecular weight excluding hydrogens is 308 g/mol. The van der Waals surface area contributed by atoms with Crippen molar-refractivity contribution in [2.75, 3.05) is 10.6 Å². The zero-order valence-electron chi connectivity index (χ0n) is 13.5. The zero-order chi connectivity index (χ0) is 17.1. The van der Waals surface area contributed by atoms with E-state index < -0.39 is 5.97 Å². The van der Waals surface area contributed by atoms with E-state index in [1.54, 1.807) is 24.3 Å². The van der Waals surface area contributed by atoms with Gasteiger partial charge in [0.1, 0.15) is 0 Å². The number of anilines is 2. The number of carbonyl (C=O) groups is 3. The van der Waals surface area contributed by atoms with E-state index in [9.17, 15) is 14.4 Å². The molecule has 0 unspecified atom stereocenters. The SMILES string of the molecule is O=C(O)C1CCC(C(=O)Nc2cccc(NC(=O)C3CC3)c2)CC1. The summed E-state index contributed by atoms with van der Waals surface area (Å²) in [6.45, 7) is 0. The number of nitrogens with one attached hydrogen (secondary N) is 2. The molecule has 2 aliphatic rings. The van der Waals surface area contributed by atoms with Gasteiger partial charge in [0, 0.05) is 23.2 Å². The molecular formula is C18H22N2O4. The van der Waals surface area contributed by atoms with Crippen LogP contribution < -0.4 is 10.6 Å². The number of amides is 2. The van der Waals surface area contributed by atoms with Crippen molar-refractivity contribution in [1.29, 1.82) is 0 Å². The van der Waals surface area contributed by atoms with E-state index in [0.29, 0.717) is 37.1 Å². The average molecular weight is 330 g/mol. The third kappa shape index (κ3) is 4.13. The Kier molecular flexibility index (Phi) is 4.83. The van der Waals surface area contributed by atoms with E-state index in [4.69, 9.17) is 5.11 Å². The van der Waals surface area contributed by atoms with Crippen molar-refractivity contribution in [3.05, 3.63) is 24.3 Å². The molecule has 0 spiro atoms. The number of benzene rings is 1. The molecule has 1 aromatic carbocycles. The largest absolute Gasteiger partial charge is 0.481 e. The molecule has 128 valence electrons. The van der Waals surface area contributed by atoms with Crippen molar-refractivity contribution in [2.45, 2.75) is 38.5 Å². The fraction of sp³-hybridized carbons (Fsp3) is 0.500. The smallest absolute Gasteiger partial charge is 0.306 e. The molecule has 0 heterocycles. The highest BCUT2D eigenvalue weighted by Crippen LogP contribution is 2.31. The van der Waals surface area contributed by atoms with Gasteiger partial charge in [-0.3, -0.25) is 14.4 Å². The lowest BCUT2D eigenvalue weighted by Gasteiger charge is -2.25. The van der Waals surface area contributed by atoms with E-state index >= 15 is 0 Å². The van der Waals surface area contributed by atoms with Crippen molar-refractivity contribution in [2.24, 2.45) is 17.8 Å². The Balaban J connectivity index is 1.54. The summed E-state index contributed by atoms with van der Waals surface area (Å²) in [5.41, 5.74) is 1.33. The Labute approximate surface area is 140 Å². The van der Waals surface area contributed by atoms with Crippen molar-refractivity contribution < 1.29 is 19.5 Å². The average Bonchev–Trinajstić information content (AvgIpc) is 3.40. The van der Waals surface area contributed by atoms with E-state index in [2.05, 4.69) is 10.6 Å². The van der Waals surface area contributed by atoms with Crippen LogP contribution >= 0.6 is 0 Å². The molecule has 0 radical (unpaired) electrons. The summed E-state index contributed by atoms with van der Waals surface area (Å²) in [6.07, 6.45) is 4.18. The van der Waals surface area contributed by atoms with Crippen LogP contribution in [0.2, 0.25) is 0 Å². The maximum atomic E-state index is 12.3. The van der Waals surface area contributed by atoms with Gasteiger partial charge in [-0.25, -0.2) is 0 Å². The number of rotatable bonds is 5. The Hall–Kier alpha value is -2.37. The number of aliphatic carboxylic acids is 1. The van der Waals surface area contributed by atoms with Crippen LogP contribution in [0.3, 0.4) is 0 Å². The van der Waals surface area contributed by atoms with Gasteiger partial charge in [0.25, 0.3) is 0 Å². The molecule has 2 saturated carbocycles. The molecule has 0 atom stereocenters. The second kappa shape index (κ2) is 7.03. The summed E-state index contributed by atoms with van der Waals surface area (Å²) in [6, 6.07) is 7.13. The first kappa shape index (κ1) is 16.5. The Morgan fingerprint density at radius 3 is 1.62 bits per heavy atom. The lowest BCUT2D eigenvalue weighted by atomic mass is 9.81. The summed E-state index contributed by atoms with van der Waals surface area (Å²) in [7, 11) is 0. The van der Waals surface area contributed by atoms with Crippen molar-refractivity contribution in [1.82, 2.24) is 0 Å². The monoisotopic (exact) mass is 330 g/mol. The van der Waals surface area contributed by atoms with Crippen molar-refractivity contribution >= 4 is 29.2 Å². The molecule has 2 amide bonds. The summed E-state index contributed by atoms with van der Waals surface area (Å²) in [4.78, 5) is 35.1. The van der Waals surface area contributed by atoms with Crippen molar-refractivity contribution in [3.8, 4) is 0 Å². The molecule has 1 aromatic rings. The van der Waals surface area contributed by atoms with Gasteiger partial charge in [-0.15, -0.1) is 0 Å². The van der Waals surface area contributed by atoms with Crippen LogP contribution in [0.4, 0.5) is 11.4 Å². The molecule has 2 aliphatic carbocycles. The van der Waals surface area contributed by atoms with E-state index in [1.807, 2.05) is 0 Å². The Morgan fingerprint density at radius 2 is 1.21 bits per heavy atom. The molecule has 0 aliphatic heterocycles. The first-order chi connectivity index (χ1) is 11.5. The lowest BCUT2D eigenvalue weighted by Crippen LogP contribution is -2.29. The Morgan fingerprint density at radius 1 is 0.792 bits per heavy atom. The summed E-state index contributed by atoms with van der Waals surface area (Å²) in [5.74, 6) is -1.16. The van der Waals surface area contributed by atoms with Crippen molar-refractivity contribution in [3.63, 3.8) is 0 Å². The summed E-state index contributed by atoms with van der Waals surface area (Å²) >= 11 is 0. The number of carboxylic acids is 1. The molecule has 0 bridgehead atoms. The van der Waals surface area contributed by atoms with Gasteiger partial charge in [0.05, 0.1) is 5.92 Å². The van der Waals surface area contributed by atoms with Gasteiger partial charge in [-0.1, -0.05) is 6.07 Å². The van der Waals surface area contributed by atoms with Gasteiger partial charge in [-0.2, -0.15) is 0 Å². The standard InChI is InChI=1S/C18H22N2O4/c21-16(11-4-5-11)19-14-2-1-3-15(10-14)20-17(22)12-6-8-13(9-7-12)18(23)24/h1-3,10-13H,4-9H2,(H,19,21)(H,20,22)(H,23,24). The molecule has 6 heteroatoms. The molecule has 0 aromatic heterocycles. The quantitative estimate of drug-likeness (QED) is 0.773. The third-order valence-electron chi connectivity index (χ3n) is 4.79. The van der Waals surface area contributed by atoms with E-state index in [1.165, 1.54) is 0 Å². The molecule has 0 saturated heterocycles. The minimum absolute atomic E-state index is 0.0328. The van der Waals surface area contributed by atoms with Crippen LogP contribution in [0.25, 0.3) is 0 Å². The van der Waals surface area contributed by atoms with Crippen LogP contribution in [-0.2, 0) is 14.4 Å². The number of hydrogen-bond acceptors (Lipinski definition) is 3. The second-order valence-corrected chi connectivity index (χ2v) is 6.72. The van der Waals surface area contributed by atoms with Crippen LogP contribution in [0.15, 0.2) is 24.3 Å². The van der Waals surface area contributed by atoms with Gasteiger partial charge < -0.3 is 15.7 Å². The van der Waals surface area contributed by atoms with Gasteiger partial charge >= 0.3 is 5.97 Å². The zero-order valence-corrected chi connectivity index (χ0v) is 13.5. The second-order valence-electron chi connectivity index (χ2n) is 6.72. The molecule has 6 nitrogen and oxygen atoms in total. The van der Waals surface area contributed by atoms with Crippen LogP contribution in [0.5, 0.6) is 0 Å². The highest BCUT2D eigenvalue weighted by atomic mass is 16.4. The van der Waals surface area contributed by atoms with Gasteiger partial charge in [-0.05, 0) is 56.7 Å². The number of carbonyl (C=O) groups excluding carboxylic acids is 2. The predicted molar refractivity (Wildman–Crippen MR) is 89.5 cm³/mol. The lowest BCUT2D eigenvalue weighted by molar-refractivity contribution is -0.143. The Bertz CT molecular complexity index is 646. The molecule has 3 N–H and O–H groups in total. The minimum Gasteiger partial charge on any atom is -0.481 e. The van der Waals surface area contributed by atoms with Gasteiger partial charge in [0.15, 0.2) is 0 Å².